The van der Waals surface area contributed by atoms with E-state index in [1.54, 1.807) is 25.2 Å². The molecule has 0 spiro atoms. The fourth-order valence-corrected chi connectivity index (χ4v) is 2.24. The largest absolute Gasteiger partial charge is 0.345 e. The van der Waals surface area contributed by atoms with Gasteiger partial charge in [-0.2, -0.15) is 15.4 Å². The number of aromatic amines is 1. The molecule has 0 aliphatic rings. The Morgan fingerprint density at radius 2 is 1.45 bits per heavy atom. The molecule has 5 heteroatoms. The van der Waals surface area contributed by atoms with Crippen LogP contribution in [0.15, 0.2) is 54.7 Å². The van der Waals surface area contributed by atoms with Crippen molar-refractivity contribution < 1.29 is 4.79 Å². The minimum Gasteiger partial charge on any atom is -0.345 e. The zero-order valence-electron chi connectivity index (χ0n) is 12.4. The first-order valence-electron chi connectivity index (χ1n) is 6.93. The van der Waals surface area contributed by atoms with E-state index < -0.39 is 0 Å². The van der Waals surface area contributed by atoms with E-state index in [9.17, 15) is 4.79 Å². The van der Waals surface area contributed by atoms with Crippen LogP contribution < -0.4 is 0 Å². The standard InChI is InChI=1S/C17H16N4O/c1-21(2)17(22)15-9-5-13(6-10-15)12-3-7-14(8-4-12)16-11-18-20-19-16/h3-11H,1-2H3,(H,18,19,20). The van der Waals surface area contributed by atoms with Crippen molar-refractivity contribution in [2.75, 3.05) is 14.1 Å². The number of amides is 1. The molecule has 0 atom stereocenters. The monoisotopic (exact) mass is 292 g/mol. The summed E-state index contributed by atoms with van der Waals surface area (Å²) >= 11 is 0. The minimum absolute atomic E-state index is 0.00734. The van der Waals surface area contributed by atoms with Gasteiger partial charge >= 0.3 is 0 Å². The van der Waals surface area contributed by atoms with Gasteiger partial charge in [-0.25, -0.2) is 0 Å². The lowest BCUT2D eigenvalue weighted by molar-refractivity contribution is 0.0827. The number of aromatic nitrogens is 3. The Labute approximate surface area is 128 Å². The number of carbonyl (C=O) groups is 1. The second-order valence-electron chi connectivity index (χ2n) is 5.21. The Bertz CT molecular complexity index is 759. The van der Waals surface area contributed by atoms with Crippen molar-refractivity contribution in [2.45, 2.75) is 0 Å². The highest BCUT2D eigenvalue weighted by molar-refractivity contribution is 5.94. The molecule has 0 aliphatic heterocycles. The third-order valence-corrected chi connectivity index (χ3v) is 3.47. The molecule has 22 heavy (non-hydrogen) atoms. The van der Waals surface area contributed by atoms with Gasteiger partial charge in [0, 0.05) is 25.2 Å². The van der Waals surface area contributed by atoms with Gasteiger partial charge in [0.15, 0.2) is 0 Å². The van der Waals surface area contributed by atoms with E-state index in [1.807, 2.05) is 48.5 Å². The molecule has 1 heterocycles. The third kappa shape index (κ3) is 2.74. The Morgan fingerprint density at radius 1 is 0.909 bits per heavy atom. The van der Waals surface area contributed by atoms with Crippen LogP contribution in [0.2, 0.25) is 0 Å². The summed E-state index contributed by atoms with van der Waals surface area (Å²) < 4.78 is 0. The zero-order valence-corrected chi connectivity index (χ0v) is 12.4. The van der Waals surface area contributed by atoms with E-state index in [0.717, 1.165) is 22.4 Å². The van der Waals surface area contributed by atoms with Crippen molar-refractivity contribution in [3.8, 4) is 22.4 Å². The molecule has 2 aromatic carbocycles. The van der Waals surface area contributed by atoms with Crippen LogP contribution in [-0.2, 0) is 0 Å². The smallest absolute Gasteiger partial charge is 0.253 e. The maximum atomic E-state index is 11.9. The number of hydrogen-bond donors (Lipinski definition) is 1. The van der Waals surface area contributed by atoms with Crippen LogP contribution in [-0.4, -0.2) is 40.3 Å². The molecule has 110 valence electrons. The number of benzene rings is 2. The number of nitrogens with one attached hydrogen (secondary N) is 1. The summed E-state index contributed by atoms with van der Waals surface area (Å²) in [6, 6.07) is 15.7. The van der Waals surface area contributed by atoms with Gasteiger partial charge in [-0.3, -0.25) is 4.79 Å². The van der Waals surface area contributed by atoms with Crippen LogP contribution >= 0.6 is 0 Å². The van der Waals surface area contributed by atoms with Gasteiger partial charge in [-0.1, -0.05) is 36.4 Å². The average Bonchev–Trinajstić information content (AvgIpc) is 3.09. The van der Waals surface area contributed by atoms with Crippen LogP contribution in [0.25, 0.3) is 22.4 Å². The van der Waals surface area contributed by atoms with Crippen LogP contribution in [0.1, 0.15) is 10.4 Å². The maximum absolute atomic E-state index is 11.9. The molecule has 5 nitrogen and oxygen atoms in total. The lowest BCUT2D eigenvalue weighted by Crippen LogP contribution is -2.21. The molecular weight excluding hydrogens is 276 g/mol. The van der Waals surface area contributed by atoms with Crippen molar-refractivity contribution in [1.82, 2.24) is 20.3 Å². The molecule has 0 saturated heterocycles. The van der Waals surface area contributed by atoms with Gasteiger partial charge in [-0.05, 0) is 23.3 Å². The van der Waals surface area contributed by atoms with E-state index in [4.69, 9.17) is 0 Å². The first kappa shape index (κ1) is 14.0. The van der Waals surface area contributed by atoms with Crippen molar-refractivity contribution in [3.63, 3.8) is 0 Å². The molecule has 0 unspecified atom stereocenters. The lowest BCUT2D eigenvalue weighted by atomic mass is 10.0. The topological polar surface area (TPSA) is 61.9 Å². The van der Waals surface area contributed by atoms with Gasteiger partial charge in [0.25, 0.3) is 5.91 Å². The van der Waals surface area contributed by atoms with Gasteiger partial charge in [0.1, 0.15) is 5.69 Å². The molecule has 3 rings (SSSR count). The van der Waals surface area contributed by atoms with Gasteiger partial charge < -0.3 is 4.90 Å². The number of H-pyrrole nitrogens is 1. The molecule has 0 fully saturated rings. The van der Waals surface area contributed by atoms with Crippen LogP contribution in [0.5, 0.6) is 0 Å². The second kappa shape index (κ2) is 5.81. The number of rotatable bonds is 3. The predicted molar refractivity (Wildman–Crippen MR) is 85.3 cm³/mol. The van der Waals surface area contributed by atoms with E-state index in [-0.39, 0.29) is 5.91 Å². The molecule has 0 aliphatic carbocycles. The quantitative estimate of drug-likeness (QED) is 0.807. The third-order valence-electron chi connectivity index (χ3n) is 3.47. The summed E-state index contributed by atoms with van der Waals surface area (Å²) in [6.07, 6.45) is 1.69. The summed E-state index contributed by atoms with van der Waals surface area (Å²) in [6.45, 7) is 0. The van der Waals surface area contributed by atoms with E-state index in [0.29, 0.717) is 5.56 Å². The molecule has 0 radical (unpaired) electrons. The van der Waals surface area contributed by atoms with Crippen molar-refractivity contribution in [3.05, 3.63) is 60.3 Å². The van der Waals surface area contributed by atoms with Crippen LogP contribution in [0.3, 0.4) is 0 Å². The van der Waals surface area contributed by atoms with Crippen LogP contribution in [0.4, 0.5) is 0 Å². The van der Waals surface area contributed by atoms with Crippen LogP contribution in [0, 0.1) is 0 Å². The number of hydrogen-bond acceptors (Lipinski definition) is 3. The summed E-state index contributed by atoms with van der Waals surface area (Å²) in [5.41, 5.74) is 4.68. The highest BCUT2D eigenvalue weighted by atomic mass is 16.2. The fourth-order valence-electron chi connectivity index (χ4n) is 2.24. The van der Waals surface area contributed by atoms with E-state index in [1.165, 1.54) is 0 Å². The van der Waals surface area contributed by atoms with Gasteiger partial charge in [0.2, 0.25) is 0 Å². The summed E-state index contributed by atoms with van der Waals surface area (Å²) in [4.78, 5) is 13.4. The summed E-state index contributed by atoms with van der Waals surface area (Å²) in [7, 11) is 3.50. The average molecular weight is 292 g/mol. The zero-order chi connectivity index (χ0) is 15.5. The Morgan fingerprint density at radius 3 is 1.95 bits per heavy atom. The normalized spacial score (nSPS) is 10.5. The van der Waals surface area contributed by atoms with Crippen molar-refractivity contribution in [2.24, 2.45) is 0 Å². The summed E-state index contributed by atoms with van der Waals surface area (Å²) in [5.74, 6) is 0.00734. The molecule has 1 amide bonds. The van der Waals surface area contributed by atoms with Crippen molar-refractivity contribution in [1.29, 1.82) is 0 Å². The number of carbonyl (C=O) groups excluding carboxylic acids is 1. The van der Waals surface area contributed by atoms with Crippen molar-refractivity contribution >= 4 is 5.91 Å². The van der Waals surface area contributed by atoms with Gasteiger partial charge in [0.05, 0.1) is 6.20 Å². The Hall–Kier alpha value is -2.95. The molecule has 1 aromatic heterocycles. The molecular formula is C17H16N4O. The van der Waals surface area contributed by atoms with E-state index >= 15 is 0 Å². The Kier molecular flexibility index (Phi) is 3.70. The van der Waals surface area contributed by atoms with E-state index in [2.05, 4.69) is 15.4 Å². The maximum Gasteiger partial charge on any atom is 0.253 e. The summed E-state index contributed by atoms with van der Waals surface area (Å²) in [5, 5.41) is 10.5. The minimum atomic E-state index is 0.00734. The number of nitrogens with zero attached hydrogens (tertiary/aromatic N) is 3. The fraction of sp³-hybridized carbons (Fsp3) is 0.118. The Balaban J connectivity index is 1.84. The SMILES string of the molecule is CN(C)C(=O)c1ccc(-c2ccc(-c3cn[nH]n3)cc2)cc1. The lowest BCUT2D eigenvalue weighted by Gasteiger charge is -2.10. The molecule has 1 N–H and O–H groups in total. The second-order valence-corrected chi connectivity index (χ2v) is 5.21. The first-order valence-corrected chi connectivity index (χ1v) is 6.93. The predicted octanol–water partition coefficient (Wildman–Crippen LogP) is 2.84. The first-order chi connectivity index (χ1) is 10.6. The highest BCUT2D eigenvalue weighted by Gasteiger charge is 2.08. The molecule has 3 aromatic rings. The van der Waals surface area contributed by atoms with Gasteiger partial charge in [-0.15, -0.1) is 0 Å². The highest BCUT2D eigenvalue weighted by Crippen LogP contribution is 2.23. The molecule has 0 saturated carbocycles. The molecule has 0 bridgehead atoms.